The summed E-state index contributed by atoms with van der Waals surface area (Å²) in [4.78, 5) is 0. The first-order valence-electron chi connectivity index (χ1n) is 7.38. The van der Waals surface area contributed by atoms with Crippen molar-refractivity contribution in [3.63, 3.8) is 0 Å². The van der Waals surface area contributed by atoms with Crippen molar-refractivity contribution in [2.24, 2.45) is 0 Å². The highest BCUT2D eigenvalue weighted by Crippen LogP contribution is 2.28. The zero-order valence-corrected chi connectivity index (χ0v) is 12.5. The van der Waals surface area contributed by atoms with Gasteiger partial charge in [0.2, 0.25) is 0 Å². The molecule has 0 fully saturated rings. The Hall–Kier alpha value is -2.00. The zero-order chi connectivity index (χ0) is 14.7. The molecule has 0 radical (unpaired) electrons. The number of rotatable bonds is 5. The van der Waals surface area contributed by atoms with Crippen LogP contribution < -0.4 is 14.8 Å². The highest BCUT2D eigenvalue weighted by molar-refractivity contribution is 5.37. The van der Waals surface area contributed by atoms with Crippen LogP contribution in [0.15, 0.2) is 48.5 Å². The normalized spacial score (nSPS) is 17.9. The second kappa shape index (κ2) is 6.19. The first-order valence-corrected chi connectivity index (χ1v) is 7.38. The molecular formula is C18H21NO2. The van der Waals surface area contributed by atoms with Crippen LogP contribution in [-0.2, 0) is 6.42 Å². The van der Waals surface area contributed by atoms with Gasteiger partial charge in [-0.1, -0.05) is 30.3 Å². The Kier molecular flexibility index (Phi) is 4.11. The summed E-state index contributed by atoms with van der Waals surface area (Å²) in [6.07, 6.45) is 1.21. The number of para-hydroxylation sites is 1. The van der Waals surface area contributed by atoms with Gasteiger partial charge in [0, 0.05) is 19.0 Å². The second-order valence-electron chi connectivity index (χ2n) is 5.45. The second-order valence-corrected chi connectivity index (χ2v) is 5.45. The molecule has 0 bridgehead atoms. The van der Waals surface area contributed by atoms with E-state index in [0.717, 1.165) is 24.5 Å². The molecule has 2 atom stereocenters. The minimum Gasteiger partial charge on any atom is -0.497 e. The van der Waals surface area contributed by atoms with Crippen molar-refractivity contribution in [1.29, 1.82) is 0 Å². The van der Waals surface area contributed by atoms with Crippen LogP contribution in [0.4, 0.5) is 0 Å². The molecule has 0 aromatic heterocycles. The van der Waals surface area contributed by atoms with Gasteiger partial charge in [-0.25, -0.2) is 0 Å². The van der Waals surface area contributed by atoms with E-state index >= 15 is 0 Å². The predicted octanol–water partition coefficient (Wildman–Crippen LogP) is 3.35. The first-order chi connectivity index (χ1) is 10.3. The maximum atomic E-state index is 5.95. The average Bonchev–Trinajstić information content (AvgIpc) is 2.95. The summed E-state index contributed by atoms with van der Waals surface area (Å²) in [5.74, 6) is 1.92. The van der Waals surface area contributed by atoms with Crippen LogP contribution >= 0.6 is 0 Å². The number of ether oxygens (including phenoxy) is 2. The van der Waals surface area contributed by atoms with E-state index in [-0.39, 0.29) is 6.10 Å². The van der Waals surface area contributed by atoms with Crippen molar-refractivity contribution in [3.05, 3.63) is 59.7 Å². The number of hydrogen-bond donors (Lipinski definition) is 1. The lowest BCUT2D eigenvalue weighted by Gasteiger charge is -2.18. The fourth-order valence-corrected chi connectivity index (χ4v) is 2.69. The predicted molar refractivity (Wildman–Crippen MR) is 84.0 cm³/mol. The lowest BCUT2D eigenvalue weighted by Crippen LogP contribution is -2.31. The Labute approximate surface area is 125 Å². The third-order valence-corrected chi connectivity index (χ3v) is 3.98. The lowest BCUT2D eigenvalue weighted by atomic mass is 10.1. The van der Waals surface area contributed by atoms with E-state index in [9.17, 15) is 0 Å². The SMILES string of the molecule is COc1ccc([C@H](C)NCC2Cc3ccccc3O2)cc1. The third kappa shape index (κ3) is 3.19. The molecule has 0 saturated heterocycles. The van der Waals surface area contributed by atoms with Crippen molar-refractivity contribution in [3.8, 4) is 11.5 Å². The summed E-state index contributed by atoms with van der Waals surface area (Å²) in [5, 5.41) is 3.55. The molecule has 2 aromatic rings. The topological polar surface area (TPSA) is 30.5 Å². The summed E-state index contributed by atoms with van der Waals surface area (Å²) in [6, 6.07) is 16.8. The van der Waals surface area contributed by atoms with Crippen molar-refractivity contribution in [1.82, 2.24) is 5.32 Å². The molecule has 0 saturated carbocycles. The van der Waals surface area contributed by atoms with Gasteiger partial charge in [0.15, 0.2) is 0 Å². The monoisotopic (exact) mass is 283 g/mol. The fourth-order valence-electron chi connectivity index (χ4n) is 2.69. The smallest absolute Gasteiger partial charge is 0.123 e. The minimum absolute atomic E-state index is 0.225. The van der Waals surface area contributed by atoms with E-state index in [2.05, 4.69) is 36.5 Å². The average molecular weight is 283 g/mol. The number of fused-ring (bicyclic) bond motifs is 1. The van der Waals surface area contributed by atoms with E-state index in [1.54, 1.807) is 7.11 Å². The van der Waals surface area contributed by atoms with Crippen LogP contribution in [0.2, 0.25) is 0 Å². The van der Waals surface area contributed by atoms with Gasteiger partial charge in [-0.3, -0.25) is 0 Å². The molecular weight excluding hydrogens is 262 g/mol. The summed E-state index contributed by atoms with van der Waals surface area (Å²) in [7, 11) is 1.69. The van der Waals surface area contributed by atoms with Gasteiger partial charge in [0.25, 0.3) is 0 Å². The number of nitrogens with one attached hydrogen (secondary N) is 1. The molecule has 3 nitrogen and oxygen atoms in total. The minimum atomic E-state index is 0.225. The maximum Gasteiger partial charge on any atom is 0.123 e. The molecule has 3 heteroatoms. The molecule has 1 unspecified atom stereocenters. The van der Waals surface area contributed by atoms with E-state index in [0.29, 0.717) is 6.04 Å². The summed E-state index contributed by atoms with van der Waals surface area (Å²) >= 11 is 0. The highest BCUT2D eigenvalue weighted by atomic mass is 16.5. The maximum absolute atomic E-state index is 5.95. The molecule has 110 valence electrons. The van der Waals surface area contributed by atoms with Gasteiger partial charge in [-0.2, -0.15) is 0 Å². The third-order valence-electron chi connectivity index (χ3n) is 3.98. The molecule has 0 aliphatic carbocycles. The van der Waals surface area contributed by atoms with Crippen LogP contribution in [0.5, 0.6) is 11.5 Å². The number of benzene rings is 2. The van der Waals surface area contributed by atoms with E-state index < -0.39 is 0 Å². The van der Waals surface area contributed by atoms with Gasteiger partial charge in [-0.05, 0) is 36.2 Å². The lowest BCUT2D eigenvalue weighted by molar-refractivity contribution is 0.222. The molecule has 21 heavy (non-hydrogen) atoms. The molecule has 1 N–H and O–H groups in total. The first kappa shape index (κ1) is 14.0. The largest absolute Gasteiger partial charge is 0.497 e. The highest BCUT2D eigenvalue weighted by Gasteiger charge is 2.22. The molecule has 3 rings (SSSR count). The van der Waals surface area contributed by atoms with Gasteiger partial charge in [0.1, 0.15) is 17.6 Å². The quantitative estimate of drug-likeness (QED) is 0.913. The Balaban J connectivity index is 1.53. The molecule has 0 amide bonds. The van der Waals surface area contributed by atoms with Gasteiger partial charge < -0.3 is 14.8 Å². The summed E-state index contributed by atoms with van der Waals surface area (Å²) < 4.78 is 11.1. The van der Waals surface area contributed by atoms with Crippen LogP contribution in [0, 0.1) is 0 Å². The fraction of sp³-hybridized carbons (Fsp3) is 0.333. The molecule has 1 aliphatic heterocycles. The van der Waals surface area contributed by atoms with E-state index in [1.807, 2.05) is 24.3 Å². The van der Waals surface area contributed by atoms with Crippen molar-refractivity contribution in [2.75, 3.05) is 13.7 Å². The Morgan fingerprint density at radius 2 is 1.95 bits per heavy atom. The summed E-state index contributed by atoms with van der Waals surface area (Å²) in [6.45, 7) is 3.02. The molecule has 1 aliphatic rings. The summed E-state index contributed by atoms with van der Waals surface area (Å²) in [5.41, 5.74) is 2.56. The van der Waals surface area contributed by atoms with Crippen LogP contribution in [0.1, 0.15) is 24.1 Å². The Bertz CT molecular complexity index is 569. The van der Waals surface area contributed by atoms with Crippen LogP contribution in [0.25, 0.3) is 0 Å². The van der Waals surface area contributed by atoms with Crippen LogP contribution in [-0.4, -0.2) is 19.8 Å². The van der Waals surface area contributed by atoms with Gasteiger partial charge in [-0.15, -0.1) is 0 Å². The molecule has 2 aromatic carbocycles. The molecule has 1 heterocycles. The van der Waals surface area contributed by atoms with Crippen molar-refractivity contribution < 1.29 is 9.47 Å². The Morgan fingerprint density at radius 1 is 1.19 bits per heavy atom. The molecule has 0 spiro atoms. The van der Waals surface area contributed by atoms with Gasteiger partial charge in [0.05, 0.1) is 7.11 Å². The van der Waals surface area contributed by atoms with E-state index in [4.69, 9.17) is 9.47 Å². The van der Waals surface area contributed by atoms with Crippen molar-refractivity contribution >= 4 is 0 Å². The van der Waals surface area contributed by atoms with Crippen molar-refractivity contribution in [2.45, 2.75) is 25.5 Å². The van der Waals surface area contributed by atoms with Crippen LogP contribution in [0.3, 0.4) is 0 Å². The number of hydrogen-bond acceptors (Lipinski definition) is 3. The zero-order valence-electron chi connectivity index (χ0n) is 12.5. The van der Waals surface area contributed by atoms with E-state index in [1.165, 1.54) is 11.1 Å². The Morgan fingerprint density at radius 3 is 2.67 bits per heavy atom. The number of methoxy groups -OCH3 is 1. The standard InChI is InChI=1S/C18H21NO2/c1-13(14-7-9-16(20-2)10-8-14)19-12-17-11-15-5-3-4-6-18(15)21-17/h3-10,13,17,19H,11-12H2,1-2H3/t13-,17?/m0/s1. The van der Waals surface area contributed by atoms with Gasteiger partial charge >= 0.3 is 0 Å².